The quantitative estimate of drug-likeness (QED) is 0.190. The molecule has 0 spiro atoms. The van der Waals surface area contributed by atoms with Gasteiger partial charge in [0.2, 0.25) is 0 Å². The summed E-state index contributed by atoms with van der Waals surface area (Å²) < 4.78 is 133. The molecule has 54 heavy (non-hydrogen) atoms. The molecule has 4 saturated heterocycles. The molecule has 1 amide bonds. The minimum Gasteiger partial charge on any atom is -0.461 e. The number of fused-ring (bicyclic) bond motifs is 4. The first kappa shape index (κ1) is 36.3. The monoisotopic (exact) mass is 781 g/mol. The highest BCUT2D eigenvalue weighted by Gasteiger charge is 2.50. The topological polar surface area (TPSA) is 121 Å². The third-order valence-corrected chi connectivity index (χ3v) is 12.1. The molecular weight excluding hydrogens is 750 g/mol. The Morgan fingerprint density at radius 1 is 1.19 bits per heavy atom. The fourth-order valence-electron chi connectivity index (χ4n) is 8.78. The molecule has 10 nitrogen and oxygen atoms in total. The van der Waals surface area contributed by atoms with Gasteiger partial charge in [0.15, 0.2) is 0 Å². The zero-order valence-electron chi connectivity index (χ0n) is 28.5. The van der Waals surface area contributed by atoms with E-state index in [1.165, 1.54) is 9.80 Å². The van der Waals surface area contributed by atoms with E-state index in [9.17, 15) is 14.4 Å². The van der Waals surface area contributed by atoms with Crippen LogP contribution in [0.25, 0.3) is 32.1 Å². The number of nitrogen functional groups attached to an aromatic ring is 1. The molecule has 2 aromatic carbocycles. The number of hydrogen-bond donors (Lipinski definition) is 1. The summed E-state index contributed by atoms with van der Waals surface area (Å²) in [5, 5.41) is 8.48. The number of amides is 1. The van der Waals surface area contributed by atoms with Crippen molar-refractivity contribution in [3.05, 3.63) is 40.7 Å². The van der Waals surface area contributed by atoms with Gasteiger partial charge in [-0.25, -0.2) is 13.6 Å². The van der Waals surface area contributed by atoms with Crippen molar-refractivity contribution in [2.24, 2.45) is 0 Å². The van der Waals surface area contributed by atoms with Crippen molar-refractivity contribution in [3.8, 4) is 23.2 Å². The zero-order chi connectivity index (χ0) is 38.5. The number of thiophene rings is 1. The van der Waals surface area contributed by atoms with Crippen LogP contribution in [0.2, 0.25) is 0 Å². The van der Waals surface area contributed by atoms with Gasteiger partial charge in [-0.3, -0.25) is 9.80 Å². The van der Waals surface area contributed by atoms with E-state index in [4.69, 9.17) is 15.2 Å². The van der Waals surface area contributed by atoms with Crippen LogP contribution in [0, 0.1) is 17.1 Å². The smallest absolute Gasteiger partial charge is 0.419 e. The van der Waals surface area contributed by atoms with Crippen molar-refractivity contribution < 1.29 is 49.4 Å². The first-order valence-electron chi connectivity index (χ1n) is 17.2. The number of aromatic nitrogens is 2. The summed E-state index contributed by atoms with van der Waals surface area (Å²) in [6, 6.07) is 2.20. The number of halogens is 8. The molecule has 2 N–H and O–H groups in total. The Hall–Kier alpha value is -4.70. The lowest BCUT2D eigenvalue weighted by atomic mass is 9.88. The number of nitrogens with zero attached hydrogens (tertiary/aromatic N) is 6. The fourth-order valence-corrected chi connectivity index (χ4v) is 9.73. The van der Waals surface area contributed by atoms with E-state index >= 15 is 30.7 Å². The van der Waals surface area contributed by atoms with Crippen LogP contribution in [0.15, 0.2) is 18.2 Å². The van der Waals surface area contributed by atoms with E-state index < -0.39 is 96.8 Å². The third kappa shape index (κ3) is 5.71. The number of carbonyl (C=O) groups excluding carboxylic acids is 1. The van der Waals surface area contributed by atoms with Gasteiger partial charge in [0, 0.05) is 42.4 Å². The molecule has 0 aliphatic carbocycles. The number of anilines is 2. The van der Waals surface area contributed by atoms with Crippen molar-refractivity contribution in [1.82, 2.24) is 19.8 Å². The van der Waals surface area contributed by atoms with Crippen LogP contribution in [0.1, 0.15) is 49.3 Å². The molecule has 0 saturated carbocycles. The van der Waals surface area contributed by atoms with E-state index in [-0.39, 0.29) is 62.6 Å². The molecule has 4 aromatic rings. The number of ether oxygens (including phenoxy) is 2. The summed E-state index contributed by atoms with van der Waals surface area (Å²) in [6.45, 7) is 2.39. The number of nitriles is 1. The molecule has 4 fully saturated rings. The van der Waals surface area contributed by atoms with E-state index in [0.717, 1.165) is 18.6 Å². The Bertz CT molecular complexity index is 2240. The van der Waals surface area contributed by atoms with Crippen molar-refractivity contribution >= 4 is 49.2 Å². The molecule has 0 radical (unpaired) electrons. The average Bonchev–Trinajstić information content (AvgIpc) is 3.90. The number of likely N-dealkylation sites (N-methyl/N-ethyl adjacent to an activating group) is 1. The molecule has 19 heteroatoms. The minimum atomic E-state index is -5.52. The molecule has 286 valence electrons. The Labute approximate surface area is 306 Å². The van der Waals surface area contributed by atoms with Crippen LogP contribution in [-0.4, -0.2) is 89.0 Å². The number of carbonyl (C=O) groups is 1. The predicted octanol–water partition coefficient (Wildman–Crippen LogP) is 7.52. The summed E-state index contributed by atoms with van der Waals surface area (Å²) in [6.07, 6.45) is -11.0. The van der Waals surface area contributed by atoms with Crippen LogP contribution < -0.4 is 15.4 Å². The standard InChI is InChI=1S/C35H31F8N7O3S/c1-2-49(17-8-18-14-52-32(51)50(18)13-17)30-20-9-22(34(38,39)40)25(19-4-5-23(37)28-24(19)21(11-44)29(45)54-28)26(35(41,42)43)27(20)46-31(47-30)53-15-33-6-3-7-48(33)12-16(36)10-33/h4-5,9,16-18H,2-3,6-8,10,12-15,45H2,1H3/t16-,17+,18+,33+/m1/s1. The number of rotatable bonds is 7. The maximum atomic E-state index is 15.6. The van der Waals surface area contributed by atoms with Gasteiger partial charge in [0.1, 0.15) is 42.1 Å². The maximum Gasteiger partial charge on any atom is 0.419 e. The van der Waals surface area contributed by atoms with Gasteiger partial charge in [-0.2, -0.15) is 41.6 Å². The van der Waals surface area contributed by atoms with Crippen molar-refractivity contribution in [2.45, 2.75) is 68.8 Å². The fraction of sp³-hybridized carbons (Fsp3) is 0.486. The summed E-state index contributed by atoms with van der Waals surface area (Å²) in [7, 11) is 0. The number of hydrogen-bond acceptors (Lipinski definition) is 10. The van der Waals surface area contributed by atoms with Crippen LogP contribution in [0.4, 0.5) is 50.7 Å². The zero-order valence-corrected chi connectivity index (χ0v) is 29.3. The molecular formula is C35H31F8N7O3S. The Morgan fingerprint density at radius 3 is 2.65 bits per heavy atom. The summed E-state index contributed by atoms with van der Waals surface area (Å²) >= 11 is 0.526. The highest BCUT2D eigenvalue weighted by atomic mass is 32.1. The average molecular weight is 782 g/mol. The van der Waals surface area contributed by atoms with Crippen LogP contribution >= 0.6 is 11.3 Å². The second-order valence-electron chi connectivity index (χ2n) is 14.1. The Morgan fingerprint density at radius 2 is 1.96 bits per heavy atom. The number of nitrogens with two attached hydrogens (primary N) is 1. The molecule has 2 aromatic heterocycles. The SMILES string of the molecule is CCN(c1nc(OC[C@@]23CCCN2C[C@H](F)C3)nc2c(C(F)(F)F)c(-c3ccc(F)c4sc(N)c(C#N)c34)c(C(F)(F)F)cc12)[C@H]1C[C@H]2COC(=O)N2C1. The normalized spacial score (nSPS) is 24.3. The van der Waals surface area contributed by atoms with Gasteiger partial charge in [-0.15, -0.1) is 11.3 Å². The first-order chi connectivity index (χ1) is 25.5. The van der Waals surface area contributed by atoms with E-state index in [1.54, 1.807) is 13.0 Å². The summed E-state index contributed by atoms with van der Waals surface area (Å²) in [5.74, 6) is -1.28. The van der Waals surface area contributed by atoms with Crippen LogP contribution in [0.5, 0.6) is 6.01 Å². The lowest BCUT2D eigenvalue weighted by molar-refractivity contribution is -0.141. The number of benzene rings is 2. The molecule has 6 heterocycles. The largest absolute Gasteiger partial charge is 0.461 e. The second kappa shape index (κ2) is 12.7. The maximum absolute atomic E-state index is 15.6. The lowest BCUT2D eigenvalue weighted by Crippen LogP contribution is -2.43. The molecule has 0 unspecified atom stereocenters. The Balaban J connectivity index is 1.41. The van der Waals surface area contributed by atoms with Gasteiger partial charge >= 0.3 is 24.5 Å². The minimum absolute atomic E-state index is 0.0514. The van der Waals surface area contributed by atoms with Crippen molar-refractivity contribution in [3.63, 3.8) is 0 Å². The summed E-state index contributed by atoms with van der Waals surface area (Å²) in [5.41, 5.74) is -1.89. The van der Waals surface area contributed by atoms with Gasteiger partial charge in [0.25, 0.3) is 0 Å². The molecule has 0 bridgehead atoms. The van der Waals surface area contributed by atoms with Crippen LogP contribution in [-0.2, 0) is 17.1 Å². The van der Waals surface area contributed by atoms with Crippen LogP contribution in [0.3, 0.4) is 0 Å². The first-order valence-corrected chi connectivity index (χ1v) is 18.0. The predicted molar refractivity (Wildman–Crippen MR) is 181 cm³/mol. The van der Waals surface area contributed by atoms with Gasteiger partial charge < -0.3 is 20.1 Å². The second-order valence-corrected chi connectivity index (χ2v) is 15.1. The highest BCUT2D eigenvalue weighted by molar-refractivity contribution is 7.23. The van der Waals surface area contributed by atoms with Gasteiger partial charge in [-0.1, -0.05) is 6.07 Å². The van der Waals surface area contributed by atoms with Crippen molar-refractivity contribution in [2.75, 3.05) is 50.0 Å². The van der Waals surface area contributed by atoms with Gasteiger partial charge in [-0.05, 0) is 50.4 Å². The third-order valence-electron chi connectivity index (χ3n) is 11.0. The van der Waals surface area contributed by atoms with Gasteiger partial charge in [0.05, 0.1) is 44.5 Å². The summed E-state index contributed by atoms with van der Waals surface area (Å²) in [4.78, 5) is 25.9. The van der Waals surface area contributed by atoms with E-state index in [2.05, 4.69) is 9.97 Å². The van der Waals surface area contributed by atoms with Crippen molar-refractivity contribution in [1.29, 1.82) is 5.26 Å². The molecule has 4 aliphatic heterocycles. The molecule has 4 atom stereocenters. The molecule has 4 aliphatic rings. The van der Waals surface area contributed by atoms with E-state index in [0.29, 0.717) is 30.4 Å². The van der Waals surface area contributed by atoms with E-state index in [1.807, 2.05) is 4.90 Å². The Kier molecular flexibility index (Phi) is 8.52. The number of cyclic esters (lactones) is 1. The number of alkyl halides is 7. The molecule has 8 rings (SSSR count). The lowest BCUT2D eigenvalue weighted by Gasteiger charge is -2.32. The highest BCUT2D eigenvalue weighted by Crippen LogP contribution is 2.52.